The molecule has 0 radical (unpaired) electrons. The van der Waals surface area contributed by atoms with Crippen molar-refractivity contribution in [2.24, 2.45) is 0 Å². The van der Waals surface area contributed by atoms with E-state index in [4.69, 9.17) is 0 Å². The van der Waals surface area contributed by atoms with Crippen molar-refractivity contribution < 1.29 is 4.79 Å². The topological polar surface area (TPSA) is 59.7 Å². The van der Waals surface area contributed by atoms with Gasteiger partial charge in [-0.15, -0.1) is 0 Å². The summed E-state index contributed by atoms with van der Waals surface area (Å²) in [4.78, 5) is 34.4. The van der Waals surface area contributed by atoms with E-state index in [1.807, 2.05) is 29.2 Å². The van der Waals surface area contributed by atoms with E-state index in [-0.39, 0.29) is 11.5 Å². The monoisotopic (exact) mass is 398 g/mol. The van der Waals surface area contributed by atoms with Crippen LogP contribution in [0.15, 0.2) is 29.1 Å². The van der Waals surface area contributed by atoms with E-state index in [9.17, 15) is 9.59 Å². The molecule has 2 atom stereocenters. The van der Waals surface area contributed by atoms with Gasteiger partial charge in [-0.1, -0.05) is 6.07 Å². The number of H-pyrrole nitrogens is 1. The molecule has 2 heterocycles. The lowest BCUT2D eigenvalue weighted by molar-refractivity contribution is -0.134. The van der Waals surface area contributed by atoms with E-state index in [2.05, 4.69) is 42.7 Å². The fourth-order valence-electron chi connectivity index (χ4n) is 4.33. The molecule has 1 aromatic carbocycles. The van der Waals surface area contributed by atoms with Crippen LogP contribution in [0.3, 0.4) is 0 Å². The summed E-state index contributed by atoms with van der Waals surface area (Å²) in [6.45, 7) is 9.98. The molecule has 2 aromatic rings. The lowest BCUT2D eigenvalue weighted by atomic mass is 10.0. The molecule has 1 fully saturated rings. The number of pyridine rings is 1. The van der Waals surface area contributed by atoms with E-state index in [1.165, 1.54) is 0 Å². The Balaban J connectivity index is 1.63. The van der Waals surface area contributed by atoms with Crippen LogP contribution < -0.4 is 5.56 Å². The number of carbonyl (C=O) groups excluding carboxylic acids is 1. The van der Waals surface area contributed by atoms with E-state index in [0.29, 0.717) is 24.1 Å². The van der Waals surface area contributed by atoms with Gasteiger partial charge in [0.05, 0.1) is 6.42 Å². The lowest BCUT2D eigenvalue weighted by Gasteiger charge is -2.44. The van der Waals surface area contributed by atoms with E-state index < -0.39 is 0 Å². The molecule has 1 N–H and O–H groups in total. The number of hydrogen-bond donors (Lipinski definition) is 1. The number of aryl methyl sites for hydroxylation is 1. The van der Waals surface area contributed by atoms with Gasteiger partial charge in [0.25, 0.3) is 5.56 Å². The first-order chi connectivity index (χ1) is 13.7. The molecule has 1 aromatic heterocycles. The highest BCUT2D eigenvalue weighted by Gasteiger charge is 2.31. The predicted octanol–water partition coefficient (Wildman–Crippen LogP) is 2.25. The Morgan fingerprint density at radius 1 is 1.17 bits per heavy atom. The summed E-state index contributed by atoms with van der Waals surface area (Å²) >= 11 is 0. The summed E-state index contributed by atoms with van der Waals surface area (Å²) in [5.41, 5.74) is 2.43. The fraction of sp³-hybridized carbons (Fsp3) is 0.565. The van der Waals surface area contributed by atoms with Gasteiger partial charge in [-0.25, -0.2) is 0 Å². The molecule has 29 heavy (non-hydrogen) atoms. The van der Waals surface area contributed by atoms with Gasteiger partial charge in [0.1, 0.15) is 0 Å². The average molecular weight is 399 g/mol. The molecule has 0 bridgehead atoms. The predicted molar refractivity (Wildman–Crippen MR) is 118 cm³/mol. The number of piperazine rings is 1. The Bertz CT molecular complexity index is 909. The third-order valence-corrected chi connectivity index (χ3v) is 5.93. The van der Waals surface area contributed by atoms with Crippen LogP contribution in [-0.4, -0.2) is 77.9 Å². The third kappa shape index (κ3) is 5.25. The number of carbonyl (C=O) groups is 1. The van der Waals surface area contributed by atoms with E-state index in [0.717, 1.165) is 49.1 Å². The van der Waals surface area contributed by atoms with Gasteiger partial charge in [0, 0.05) is 42.8 Å². The molecule has 2 unspecified atom stereocenters. The summed E-state index contributed by atoms with van der Waals surface area (Å²) in [6, 6.07) is 8.48. The Hall–Kier alpha value is -2.18. The number of aromatic amines is 1. The zero-order chi connectivity index (χ0) is 21.1. The van der Waals surface area contributed by atoms with Crippen LogP contribution in [0.5, 0.6) is 0 Å². The SMILES string of the molecule is Cc1cc2cc(CC(=O)N3CC(C)N(CCCN(C)C)C(C)C3)ccc2[nH]c1=O. The molecule has 1 saturated heterocycles. The molecule has 0 saturated carbocycles. The number of hydrogen-bond acceptors (Lipinski definition) is 4. The zero-order valence-electron chi connectivity index (χ0n) is 18.4. The molecule has 1 amide bonds. The maximum Gasteiger partial charge on any atom is 0.251 e. The fourth-order valence-corrected chi connectivity index (χ4v) is 4.33. The largest absolute Gasteiger partial charge is 0.339 e. The van der Waals surface area contributed by atoms with Gasteiger partial charge in [0.2, 0.25) is 5.91 Å². The van der Waals surface area contributed by atoms with Crippen molar-refractivity contribution in [3.8, 4) is 0 Å². The maximum atomic E-state index is 13.0. The molecule has 0 aliphatic carbocycles. The van der Waals surface area contributed by atoms with Crippen LogP contribution in [0.25, 0.3) is 10.9 Å². The molecule has 6 heteroatoms. The molecule has 1 aliphatic heterocycles. The third-order valence-electron chi connectivity index (χ3n) is 5.93. The minimum atomic E-state index is -0.0623. The van der Waals surface area contributed by atoms with Crippen LogP contribution in [0.2, 0.25) is 0 Å². The second kappa shape index (κ2) is 9.09. The number of nitrogens with one attached hydrogen (secondary N) is 1. The van der Waals surface area contributed by atoms with Gasteiger partial charge in [0.15, 0.2) is 0 Å². The molecular weight excluding hydrogens is 364 g/mol. The van der Waals surface area contributed by atoms with Crippen molar-refractivity contribution in [3.63, 3.8) is 0 Å². The summed E-state index contributed by atoms with van der Waals surface area (Å²) in [5, 5.41) is 0.972. The van der Waals surface area contributed by atoms with Gasteiger partial charge >= 0.3 is 0 Å². The van der Waals surface area contributed by atoms with Crippen molar-refractivity contribution in [1.29, 1.82) is 0 Å². The van der Waals surface area contributed by atoms with Gasteiger partial charge in [-0.05, 0) is 77.0 Å². The summed E-state index contributed by atoms with van der Waals surface area (Å²) < 4.78 is 0. The molecular formula is C23H34N4O2. The Kier molecular flexibility index (Phi) is 6.75. The highest BCUT2D eigenvalue weighted by molar-refractivity contribution is 5.83. The Morgan fingerprint density at radius 3 is 2.52 bits per heavy atom. The van der Waals surface area contributed by atoms with Crippen molar-refractivity contribution in [2.75, 3.05) is 40.3 Å². The first-order valence-corrected chi connectivity index (χ1v) is 10.6. The van der Waals surface area contributed by atoms with E-state index >= 15 is 0 Å². The van der Waals surface area contributed by atoms with Crippen LogP contribution in [0.4, 0.5) is 0 Å². The van der Waals surface area contributed by atoms with Crippen LogP contribution in [0.1, 0.15) is 31.4 Å². The van der Waals surface area contributed by atoms with Crippen molar-refractivity contribution in [3.05, 3.63) is 45.7 Å². The number of amides is 1. The first-order valence-electron chi connectivity index (χ1n) is 10.6. The van der Waals surface area contributed by atoms with Gasteiger partial charge in [-0.3, -0.25) is 14.5 Å². The first kappa shape index (κ1) is 21.5. The molecule has 1 aliphatic rings. The standard InChI is InChI=1S/C23H34N4O2/c1-16-11-20-12-19(7-8-21(20)24-23(16)29)13-22(28)26-14-17(2)27(18(3)15-26)10-6-9-25(4)5/h7-8,11-12,17-18H,6,9-10,13-15H2,1-5H3,(H,24,29). The minimum absolute atomic E-state index is 0.0623. The molecule has 6 nitrogen and oxygen atoms in total. The second-order valence-corrected chi connectivity index (χ2v) is 8.77. The molecule has 0 spiro atoms. The summed E-state index contributed by atoms with van der Waals surface area (Å²) in [6.07, 6.45) is 1.54. The average Bonchev–Trinajstić information content (AvgIpc) is 2.64. The molecule has 158 valence electrons. The lowest BCUT2D eigenvalue weighted by Crippen LogP contribution is -2.58. The number of rotatable bonds is 6. The Labute approximate surface area is 173 Å². The van der Waals surface area contributed by atoms with Crippen molar-refractivity contribution in [2.45, 2.75) is 45.7 Å². The van der Waals surface area contributed by atoms with Gasteiger partial charge < -0.3 is 14.8 Å². The smallest absolute Gasteiger partial charge is 0.251 e. The quantitative estimate of drug-likeness (QED) is 0.811. The molecule has 3 rings (SSSR count). The normalized spacial score (nSPS) is 20.6. The number of aromatic nitrogens is 1. The summed E-state index contributed by atoms with van der Waals surface area (Å²) in [5.74, 6) is 0.178. The van der Waals surface area contributed by atoms with Crippen molar-refractivity contribution >= 4 is 16.8 Å². The number of fused-ring (bicyclic) bond motifs is 1. The zero-order valence-corrected chi connectivity index (χ0v) is 18.4. The van der Waals surface area contributed by atoms with E-state index in [1.54, 1.807) is 6.92 Å². The van der Waals surface area contributed by atoms with Crippen molar-refractivity contribution in [1.82, 2.24) is 19.7 Å². The number of benzene rings is 1. The highest BCUT2D eigenvalue weighted by Crippen LogP contribution is 2.19. The Morgan fingerprint density at radius 2 is 1.86 bits per heavy atom. The maximum absolute atomic E-state index is 13.0. The summed E-state index contributed by atoms with van der Waals surface area (Å²) in [7, 11) is 4.21. The minimum Gasteiger partial charge on any atom is -0.339 e. The second-order valence-electron chi connectivity index (χ2n) is 8.77. The van der Waals surface area contributed by atoms with Crippen LogP contribution >= 0.6 is 0 Å². The highest BCUT2D eigenvalue weighted by atomic mass is 16.2. The van der Waals surface area contributed by atoms with Crippen LogP contribution in [0, 0.1) is 6.92 Å². The number of nitrogens with zero attached hydrogens (tertiary/aromatic N) is 3. The van der Waals surface area contributed by atoms with Gasteiger partial charge in [-0.2, -0.15) is 0 Å². The van der Waals surface area contributed by atoms with Crippen LogP contribution in [-0.2, 0) is 11.2 Å².